The van der Waals surface area contributed by atoms with Crippen molar-refractivity contribution in [3.05, 3.63) is 57.6 Å². The molecule has 0 spiro atoms. The van der Waals surface area contributed by atoms with Gasteiger partial charge in [0, 0.05) is 34.4 Å². The Kier molecular flexibility index (Phi) is 5.02. The molecule has 2 aromatic rings. The topological polar surface area (TPSA) is 49.4 Å². The number of hydrogen-bond donors (Lipinski definition) is 1. The highest BCUT2D eigenvalue weighted by Crippen LogP contribution is 2.30. The predicted molar refractivity (Wildman–Crippen MR) is 101 cm³/mol. The molecule has 25 heavy (non-hydrogen) atoms. The van der Waals surface area contributed by atoms with Crippen LogP contribution in [0.5, 0.6) is 0 Å². The fraction of sp³-hybridized carbons (Fsp3) is 0.263. The smallest absolute Gasteiger partial charge is 0.229 e. The summed E-state index contributed by atoms with van der Waals surface area (Å²) in [6, 6.07) is 10.8. The third-order valence-corrected chi connectivity index (χ3v) is 5.31. The van der Waals surface area contributed by atoms with Gasteiger partial charge in [0.05, 0.1) is 5.92 Å². The molecule has 0 aromatic heterocycles. The molecule has 0 aliphatic carbocycles. The molecular formula is C19H18Cl2N2O2. The number of rotatable bonds is 3. The minimum Gasteiger partial charge on any atom is -0.325 e. The Bertz CT molecular complexity index is 851. The summed E-state index contributed by atoms with van der Waals surface area (Å²) in [4.78, 5) is 26.5. The SMILES string of the molecule is Cc1ccc(N2CC(C(=O)Nc3cccc(Cl)c3C)CC2=O)cc1Cl. The second-order valence-corrected chi connectivity index (χ2v) is 7.05. The molecule has 1 heterocycles. The number of nitrogens with one attached hydrogen (secondary N) is 1. The van der Waals surface area contributed by atoms with Crippen LogP contribution in [-0.2, 0) is 9.59 Å². The highest BCUT2D eigenvalue weighted by molar-refractivity contribution is 6.32. The van der Waals surface area contributed by atoms with Crippen LogP contribution in [0.2, 0.25) is 10.0 Å². The zero-order valence-corrected chi connectivity index (χ0v) is 15.5. The van der Waals surface area contributed by atoms with Crippen LogP contribution in [0.25, 0.3) is 0 Å². The van der Waals surface area contributed by atoms with E-state index in [0.717, 1.165) is 16.8 Å². The number of nitrogens with zero attached hydrogens (tertiary/aromatic N) is 1. The van der Waals surface area contributed by atoms with Gasteiger partial charge in [0.15, 0.2) is 0 Å². The van der Waals surface area contributed by atoms with Crippen molar-refractivity contribution < 1.29 is 9.59 Å². The first kappa shape index (κ1) is 17.8. The summed E-state index contributed by atoms with van der Waals surface area (Å²) in [7, 11) is 0. The standard InChI is InChI=1S/C19H18Cl2N2O2/c1-11-6-7-14(9-16(11)21)23-10-13(8-18(23)24)19(25)22-17-5-3-4-15(20)12(17)2/h3-7,9,13H,8,10H2,1-2H3,(H,22,25). The van der Waals surface area contributed by atoms with Crippen LogP contribution in [-0.4, -0.2) is 18.4 Å². The number of carbonyl (C=O) groups excluding carboxylic acids is 2. The highest BCUT2D eigenvalue weighted by Gasteiger charge is 2.35. The summed E-state index contributed by atoms with van der Waals surface area (Å²) in [6.07, 6.45) is 0.178. The van der Waals surface area contributed by atoms with Gasteiger partial charge in [0.1, 0.15) is 0 Å². The largest absolute Gasteiger partial charge is 0.325 e. The Morgan fingerprint density at radius 3 is 2.64 bits per heavy atom. The maximum absolute atomic E-state index is 12.6. The van der Waals surface area contributed by atoms with Gasteiger partial charge < -0.3 is 10.2 Å². The van der Waals surface area contributed by atoms with Crippen LogP contribution in [0.15, 0.2) is 36.4 Å². The first-order valence-corrected chi connectivity index (χ1v) is 8.75. The lowest BCUT2D eigenvalue weighted by Gasteiger charge is -2.18. The molecule has 1 fully saturated rings. The van der Waals surface area contributed by atoms with E-state index in [1.807, 2.05) is 26.0 Å². The lowest BCUT2D eigenvalue weighted by atomic mass is 10.1. The van der Waals surface area contributed by atoms with Crippen molar-refractivity contribution >= 4 is 46.4 Å². The summed E-state index contributed by atoms with van der Waals surface area (Å²) < 4.78 is 0. The molecule has 6 heteroatoms. The molecule has 1 unspecified atom stereocenters. The van der Waals surface area contributed by atoms with E-state index >= 15 is 0 Å². The average molecular weight is 377 g/mol. The van der Waals surface area contributed by atoms with Crippen molar-refractivity contribution in [2.75, 3.05) is 16.8 Å². The maximum atomic E-state index is 12.6. The van der Waals surface area contributed by atoms with Gasteiger partial charge in [-0.3, -0.25) is 9.59 Å². The van der Waals surface area contributed by atoms with Crippen molar-refractivity contribution in [1.29, 1.82) is 0 Å². The monoisotopic (exact) mass is 376 g/mol. The second kappa shape index (κ2) is 7.06. The van der Waals surface area contributed by atoms with Crippen LogP contribution < -0.4 is 10.2 Å². The van der Waals surface area contributed by atoms with E-state index in [2.05, 4.69) is 5.32 Å². The summed E-state index contributed by atoms with van der Waals surface area (Å²) >= 11 is 12.2. The van der Waals surface area contributed by atoms with Crippen molar-refractivity contribution in [3.8, 4) is 0 Å². The zero-order valence-electron chi connectivity index (χ0n) is 14.0. The number of halogens is 2. The molecule has 1 aliphatic heterocycles. The Labute approximate surface area is 156 Å². The van der Waals surface area contributed by atoms with Crippen molar-refractivity contribution in [1.82, 2.24) is 0 Å². The first-order chi connectivity index (χ1) is 11.9. The third kappa shape index (κ3) is 3.65. The number of amides is 2. The minimum absolute atomic E-state index is 0.0807. The van der Waals surface area contributed by atoms with Gasteiger partial charge in [-0.25, -0.2) is 0 Å². The van der Waals surface area contributed by atoms with E-state index in [9.17, 15) is 9.59 Å². The summed E-state index contributed by atoms with van der Waals surface area (Å²) in [5.74, 6) is -0.673. The van der Waals surface area contributed by atoms with Gasteiger partial charge in [0.2, 0.25) is 11.8 Å². The number of carbonyl (C=O) groups is 2. The van der Waals surface area contributed by atoms with E-state index in [4.69, 9.17) is 23.2 Å². The molecule has 2 aromatic carbocycles. The highest BCUT2D eigenvalue weighted by atomic mass is 35.5. The summed E-state index contributed by atoms with van der Waals surface area (Å²) in [6.45, 7) is 4.09. The van der Waals surface area contributed by atoms with Gasteiger partial charge in [-0.1, -0.05) is 35.3 Å². The van der Waals surface area contributed by atoms with E-state index < -0.39 is 5.92 Å². The van der Waals surface area contributed by atoms with Gasteiger partial charge in [0.25, 0.3) is 0 Å². The van der Waals surface area contributed by atoms with Gasteiger partial charge in [-0.05, 0) is 49.2 Å². The number of anilines is 2. The fourth-order valence-electron chi connectivity index (χ4n) is 2.86. The van der Waals surface area contributed by atoms with Crippen molar-refractivity contribution in [3.63, 3.8) is 0 Å². The molecule has 2 amide bonds. The lowest BCUT2D eigenvalue weighted by molar-refractivity contribution is -0.122. The predicted octanol–water partition coefficient (Wildman–Crippen LogP) is 4.60. The average Bonchev–Trinajstić information content (AvgIpc) is 2.96. The fourth-order valence-corrected chi connectivity index (χ4v) is 3.21. The van der Waals surface area contributed by atoms with Crippen molar-refractivity contribution in [2.45, 2.75) is 20.3 Å². The molecule has 1 N–H and O–H groups in total. The van der Waals surface area contributed by atoms with Crippen LogP contribution >= 0.6 is 23.2 Å². The van der Waals surface area contributed by atoms with Crippen molar-refractivity contribution in [2.24, 2.45) is 5.92 Å². The molecule has 1 atom stereocenters. The third-order valence-electron chi connectivity index (χ3n) is 4.49. The zero-order chi connectivity index (χ0) is 18.1. The first-order valence-electron chi connectivity index (χ1n) is 7.99. The van der Waals surface area contributed by atoms with Crippen LogP contribution in [0.3, 0.4) is 0 Å². The van der Waals surface area contributed by atoms with E-state index in [1.165, 1.54) is 0 Å². The Morgan fingerprint density at radius 2 is 1.92 bits per heavy atom. The molecule has 1 aliphatic rings. The molecule has 0 bridgehead atoms. The number of hydrogen-bond acceptors (Lipinski definition) is 2. The molecule has 0 radical (unpaired) electrons. The van der Waals surface area contributed by atoms with Gasteiger partial charge >= 0.3 is 0 Å². The molecule has 3 rings (SSSR count). The van der Waals surface area contributed by atoms with Gasteiger partial charge in [-0.2, -0.15) is 0 Å². The second-order valence-electron chi connectivity index (χ2n) is 6.24. The normalized spacial score (nSPS) is 17.0. The number of aryl methyl sites for hydroxylation is 1. The summed E-state index contributed by atoms with van der Waals surface area (Å²) in [5, 5.41) is 4.08. The molecule has 1 saturated heterocycles. The minimum atomic E-state index is -0.411. The van der Waals surface area contributed by atoms with E-state index in [-0.39, 0.29) is 18.2 Å². The molecule has 0 saturated carbocycles. The van der Waals surface area contributed by atoms with Crippen LogP contribution in [0.1, 0.15) is 17.5 Å². The summed E-state index contributed by atoms with van der Waals surface area (Å²) in [5.41, 5.74) is 3.14. The molecular weight excluding hydrogens is 359 g/mol. The van der Waals surface area contributed by atoms with Crippen LogP contribution in [0, 0.1) is 19.8 Å². The Morgan fingerprint density at radius 1 is 1.16 bits per heavy atom. The van der Waals surface area contributed by atoms with Crippen LogP contribution in [0.4, 0.5) is 11.4 Å². The maximum Gasteiger partial charge on any atom is 0.229 e. The molecule has 130 valence electrons. The Balaban J connectivity index is 1.74. The van der Waals surface area contributed by atoms with Gasteiger partial charge in [-0.15, -0.1) is 0 Å². The number of benzene rings is 2. The quantitative estimate of drug-likeness (QED) is 0.850. The van der Waals surface area contributed by atoms with E-state index in [0.29, 0.717) is 22.3 Å². The molecule has 4 nitrogen and oxygen atoms in total. The van der Waals surface area contributed by atoms with E-state index in [1.54, 1.807) is 29.2 Å². The Hall–Kier alpha value is -2.04. The lowest BCUT2D eigenvalue weighted by Crippen LogP contribution is -2.28.